The van der Waals surface area contributed by atoms with Crippen molar-refractivity contribution in [1.82, 2.24) is 0 Å². The summed E-state index contributed by atoms with van der Waals surface area (Å²) in [7, 11) is 0. The SMILES string of the molecule is N#Cc1ccc(C2CCC(C3CCC(CC/C=C/CF)CC3)CC2)cc1F. The maximum Gasteiger partial charge on any atom is 0.141 e. The van der Waals surface area contributed by atoms with E-state index >= 15 is 0 Å². The molecule has 0 atom stereocenters. The quantitative estimate of drug-likeness (QED) is 0.490. The molecule has 0 unspecified atom stereocenters. The Kier molecular flexibility index (Phi) is 7.44. The lowest BCUT2D eigenvalue weighted by atomic mass is 9.68. The lowest BCUT2D eigenvalue weighted by Crippen LogP contribution is -2.25. The lowest BCUT2D eigenvalue weighted by molar-refractivity contribution is 0.157. The Bertz CT molecular complexity index is 659. The zero-order valence-corrected chi connectivity index (χ0v) is 16.2. The van der Waals surface area contributed by atoms with Crippen LogP contribution in [0.25, 0.3) is 0 Å². The Morgan fingerprint density at radius 1 is 0.963 bits per heavy atom. The van der Waals surface area contributed by atoms with E-state index in [-0.39, 0.29) is 18.1 Å². The van der Waals surface area contributed by atoms with E-state index in [4.69, 9.17) is 5.26 Å². The third kappa shape index (κ3) is 5.41. The Balaban J connectivity index is 1.43. The minimum absolute atomic E-state index is 0.143. The van der Waals surface area contributed by atoms with Crippen LogP contribution in [-0.2, 0) is 0 Å². The molecule has 1 aromatic rings. The summed E-state index contributed by atoms with van der Waals surface area (Å²) in [5.74, 6) is 2.58. The van der Waals surface area contributed by atoms with Crippen LogP contribution in [0.15, 0.2) is 30.4 Å². The Hall–Kier alpha value is -1.69. The van der Waals surface area contributed by atoms with E-state index in [2.05, 4.69) is 0 Å². The number of hydrogen-bond donors (Lipinski definition) is 0. The molecule has 27 heavy (non-hydrogen) atoms. The zero-order chi connectivity index (χ0) is 19.1. The van der Waals surface area contributed by atoms with Crippen molar-refractivity contribution >= 4 is 0 Å². The van der Waals surface area contributed by atoms with Crippen LogP contribution < -0.4 is 0 Å². The summed E-state index contributed by atoms with van der Waals surface area (Å²) in [5, 5.41) is 8.88. The van der Waals surface area contributed by atoms with Crippen LogP contribution in [0.5, 0.6) is 0 Å². The van der Waals surface area contributed by atoms with Gasteiger partial charge in [0, 0.05) is 0 Å². The first kappa shape index (κ1) is 20.1. The first-order valence-electron chi connectivity index (χ1n) is 10.6. The summed E-state index contributed by atoms with van der Waals surface area (Å²) in [6, 6.07) is 7.04. The molecule has 0 saturated heterocycles. The summed E-state index contributed by atoms with van der Waals surface area (Å²) < 4.78 is 26.0. The zero-order valence-electron chi connectivity index (χ0n) is 16.2. The molecule has 0 aliphatic heterocycles. The summed E-state index contributed by atoms with van der Waals surface area (Å²) in [6.07, 6.45) is 16.0. The van der Waals surface area contributed by atoms with Gasteiger partial charge in [0.2, 0.25) is 0 Å². The van der Waals surface area contributed by atoms with Crippen LogP contribution >= 0.6 is 0 Å². The van der Waals surface area contributed by atoms with Gasteiger partial charge in [-0.15, -0.1) is 0 Å². The third-order valence-corrected chi connectivity index (χ3v) is 6.91. The number of benzene rings is 1. The molecule has 2 aliphatic carbocycles. The van der Waals surface area contributed by atoms with Crippen LogP contribution in [0.1, 0.15) is 81.3 Å². The molecule has 146 valence electrons. The van der Waals surface area contributed by atoms with Gasteiger partial charge in [-0.05, 0) is 92.7 Å². The number of nitriles is 1. The van der Waals surface area contributed by atoms with Gasteiger partial charge < -0.3 is 0 Å². The van der Waals surface area contributed by atoms with Crippen LogP contribution in [0, 0.1) is 34.9 Å². The third-order valence-electron chi connectivity index (χ3n) is 6.91. The highest BCUT2D eigenvalue weighted by molar-refractivity contribution is 5.34. The topological polar surface area (TPSA) is 23.8 Å². The van der Waals surface area contributed by atoms with Crippen LogP contribution in [0.2, 0.25) is 0 Å². The molecule has 0 radical (unpaired) electrons. The standard InChI is InChI=1S/C24H31F2N/c25-15-3-1-2-4-18-5-7-19(8-6-18)20-9-11-21(12-10-20)22-13-14-23(17-27)24(26)16-22/h1,3,13-14,16,18-21H,2,4-12,15H2/b3-1+. The molecular formula is C24H31F2N. The van der Waals surface area contributed by atoms with Crippen molar-refractivity contribution in [1.29, 1.82) is 5.26 Å². The van der Waals surface area contributed by atoms with Gasteiger partial charge in [0.05, 0.1) is 5.56 Å². The van der Waals surface area contributed by atoms with Gasteiger partial charge in [-0.3, -0.25) is 0 Å². The molecule has 1 nitrogen and oxygen atoms in total. The van der Waals surface area contributed by atoms with Crippen molar-refractivity contribution in [2.45, 2.75) is 70.1 Å². The molecule has 0 spiro atoms. The Morgan fingerprint density at radius 3 is 2.22 bits per heavy atom. The van der Waals surface area contributed by atoms with Crippen LogP contribution in [-0.4, -0.2) is 6.67 Å². The summed E-state index contributed by atoms with van der Waals surface area (Å²) in [6.45, 7) is -0.343. The molecule has 0 bridgehead atoms. The largest absolute Gasteiger partial charge is 0.247 e. The van der Waals surface area contributed by atoms with E-state index in [1.54, 1.807) is 18.2 Å². The number of allylic oxidation sites excluding steroid dienone is 2. The molecule has 2 fully saturated rings. The van der Waals surface area contributed by atoms with E-state index in [9.17, 15) is 8.78 Å². The predicted octanol–water partition coefficient (Wildman–Crippen LogP) is 7.08. The monoisotopic (exact) mass is 371 g/mol. The molecule has 0 aromatic heterocycles. The summed E-state index contributed by atoms with van der Waals surface area (Å²) in [5.41, 5.74) is 1.21. The van der Waals surface area contributed by atoms with Crippen molar-refractivity contribution in [2.24, 2.45) is 17.8 Å². The second-order valence-corrected chi connectivity index (χ2v) is 8.45. The van der Waals surface area contributed by atoms with Crippen LogP contribution in [0.3, 0.4) is 0 Å². The van der Waals surface area contributed by atoms with E-state index in [1.165, 1.54) is 44.9 Å². The second-order valence-electron chi connectivity index (χ2n) is 8.45. The normalized spacial score (nSPS) is 28.9. The average molecular weight is 372 g/mol. The molecule has 0 N–H and O–H groups in total. The van der Waals surface area contributed by atoms with Crippen molar-refractivity contribution < 1.29 is 8.78 Å². The number of rotatable bonds is 6. The number of halogens is 2. The molecule has 0 heterocycles. The number of nitrogens with zero attached hydrogens (tertiary/aromatic N) is 1. The smallest absolute Gasteiger partial charge is 0.141 e. The van der Waals surface area contributed by atoms with Gasteiger partial charge >= 0.3 is 0 Å². The Morgan fingerprint density at radius 2 is 1.63 bits per heavy atom. The van der Waals surface area contributed by atoms with Crippen molar-refractivity contribution in [3.05, 3.63) is 47.3 Å². The molecular weight excluding hydrogens is 340 g/mol. The predicted molar refractivity (Wildman–Crippen MR) is 106 cm³/mol. The van der Waals surface area contributed by atoms with Gasteiger partial charge in [0.1, 0.15) is 18.6 Å². The second kappa shape index (κ2) is 10.0. The van der Waals surface area contributed by atoms with Gasteiger partial charge in [0.15, 0.2) is 0 Å². The maximum atomic E-state index is 13.9. The lowest BCUT2D eigenvalue weighted by Gasteiger charge is -2.38. The molecule has 3 rings (SSSR count). The molecule has 2 saturated carbocycles. The highest BCUT2D eigenvalue weighted by atomic mass is 19.1. The van der Waals surface area contributed by atoms with Crippen molar-refractivity contribution in [2.75, 3.05) is 6.67 Å². The summed E-state index contributed by atoms with van der Waals surface area (Å²) in [4.78, 5) is 0. The first-order chi connectivity index (χ1) is 13.2. The van der Waals surface area contributed by atoms with E-state index < -0.39 is 0 Å². The number of hydrogen-bond acceptors (Lipinski definition) is 1. The van der Waals surface area contributed by atoms with Crippen molar-refractivity contribution in [3.63, 3.8) is 0 Å². The fourth-order valence-electron chi connectivity index (χ4n) is 5.26. The van der Waals surface area contributed by atoms with Gasteiger partial charge in [-0.2, -0.15) is 5.26 Å². The molecule has 0 amide bonds. The van der Waals surface area contributed by atoms with Gasteiger partial charge in [-0.25, -0.2) is 8.78 Å². The van der Waals surface area contributed by atoms with E-state index in [0.29, 0.717) is 5.92 Å². The maximum absolute atomic E-state index is 13.9. The van der Waals surface area contributed by atoms with Crippen LogP contribution in [0.4, 0.5) is 8.78 Å². The minimum atomic E-state index is -0.378. The molecule has 1 aromatic carbocycles. The average Bonchev–Trinajstić information content (AvgIpc) is 2.72. The Labute approximate surface area is 162 Å². The number of alkyl halides is 1. The van der Waals surface area contributed by atoms with Gasteiger partial charge in [-0.1, -0.05) is 31.1 Å². The fourth-order valence-corrected chi connectivity index (χ4v) is 5.26. The highest BCUT2D eigenvalue weighted by Crippen LogP contribution is 2.44. The minimum Gasteiger partial charge on any atom is -0.247 e. The highest BCUT2D eigenvalue weighted by Gasteiger charge is 2.31. The van der Waals surface area contributed by atoms with Gasteiger partial charge in [0.25, 0.3) is 0 Å². The fraction of sp³-hybridized carbons (Fsp3) is 0.625. The van der Waals surface area contributed by atoms with E-state index in [1.807, 2.05) is 18.2 Å². The van der Waals surface area contributed by atoms with E-state index in [0.717, 1.165) is 42.6 Å². The summed E-state index contributed by atoms with van der Waals surface area (Å²) >= 11 is 0. The van der Waals surface area contributed by atoms with Crippen molar-refractivity contribution in [3.8, 4) is 6.07 Å². The first-order valence-corrected chi connectivity index (χ1v) is 10.6. The molecule has 3 heteroatoms. The molecule has 2 aliphatic rings.